The van der Waals surface area contributed by atoms with Gasteiger partial charge in [0.1, 0.15) is 5.60 Å². The van der Waals surface area contributed by atoms with Crippen LogP contribution in [-0.2, 0) is 10.3 Å². The maximum Gasteiger partial charge on any atom is 0.408 e. The van der Waals surface area contributed by atoms with Gasteiger partial charge in [0.05, 0.1) is 11.2 Å². The molecule has 1 aliphatic rings. The molecule has 5 heteroatoms. The third kappa shape index (κ3) is 7.00. The molecule has 1 fully saturated rings. The lowest BCUT2D eigenvalue weighted by molar-refractivity contribution is 0.0495. The van der Waals surface area contributed by atoms with Gasteiger partial charge in [-0.15, -0.1) is 0 Å². The highest BCUT2D eigenvalue weighted by Crippen LogP contribution is 2.45. The minimum Gasteiger partial charge on any atom is -0.444 e. The molecule has 0 heterocycles. The Balaban J connectivity index is 2.09. The van der Waals surface area contributed by atoms with Gasteiger partial charge in [0.2, 0.25) is 0 Å². The largest absolute Gasteiger partial charge is 0.444 e. The van der Waals surface area contributed by atoms with Gasteiger partial charge in [-0.3, -0.25) is 9.98 Å². The Kier molecular flexibility index (Phi) is 7.54. The number of ether oxygens (including phenoxy) is 1. The van der Waals surface area contributed by atoms with Crippen LogP contribution in [0.1, 0.15) is 71.4 Å². The van der Waals surface area contributed by atoms with Gasteiger partial charge in [0.25, 0.3) is 0 Å². The van der Waals surface area contributed by atoms with Crippen molar-refractivity contribution in [1.29, 1.82) is 0 Å². The van der Waals surface area contributed by atoms with E-state index in [2.05, 4.69) is 53.1 Å². The fraction of sp³-hybridized carbons (Fsp3) is 0.458. The van der Waals surface area contributed by atoms with E-state index in [0.717, 1.165) is 42.5 Å². The second-order valence-corrected chi connectivity index (χ2v) is 8.25. The number of alkyl carbamates (subject to hydrolysis) is 1. The van der Waals surface area contributed by atoms with Crippen LogP contribution in [0.25, 0.3) is 0 Å². The molecule has 1 amide bonds. The molecule has 2 rings (SSSR count). The molecule has 0 atom stereocenters. The first-order chi connectivity index (χ1) is 13.7. The Labute approximate surface area is 174 Å². The predicted octanol–water partition coefficient (Wildman–Crippen LogP) is 5.91. The molecule has 1 aromatic carbocycles. The van der Waals surface area contributed by atoms with Gasteiger partial charge in [0.15, 0.2) is 0 Å². The Hall–Kier alpha value is -2.69. The van der Waals surface area contributed by atoms with Gasteiger partial charge in [0, 0.05) is 18.1 Å². The van der Waals surface area contributed by atoms with Gasteiger partial charge in [-0.1, -0.05) is 44.7 Å². The van der Waals surface area contributed by atoms with E-state index in [-0.39, 0.29) is 11.6 Å². The van der Waals surface area contributed by atoms with E-state index in [1.54, 1.807) is 12.3 Å². The highest BCUT2D eigenvalue weighted by Gasteiger charge is 2.46. The number of benzene rings is 1. The third-order valence-electron chi connectivity index (χ3n) is 4.52. The Morgan fingerprint density at radius 2 is 1.90 bits per heavy atom. The smallest absolute Gasteiger partial charge is 0.408 e. The average Bonchev–Trinajstić information content (AvgIpc) is 3.42. The number of aliphatic imine (C=N–C) groups is 2. The number of rotatable bonds is 8. The van der Waals surface area contributed by atoms with E-state index < -0.39 is 5.60 Å². The molecular formula is C24H33N3O2. The number of nitrogens with zero attached hydrogens (tertiary/aromatic N) is 2. The molecule has 0 radical (unpaired) electrons. The Morgan fingerprint density at radius 1 is 1.24 bits per heavy atom. The molecule has 1 saturated carbocycles. The Morgan fingerprint density at radius 3 is 2.41 bits per heavy atom. The molecule has 156 valence electrons. The average molecular weight is 396 g/mol. The number of amides is 1. The van der Waals surface area contributed by atoms with Crippen LogP contribution in [0.3, 0.4) is 0 Å². The lowest BCUT2D eigenvalue weighted by Gasteiger charge is -2.24. The van der Waals surface area contributed by atoms with Gasteiger partial charge < -0.3 is 10.1 Å². The molecule has 1 N–H and O–H groups in total. The third-order valence-corrected chi connectivity index (χ3v) is 4.52. The van der Waals surface area contributed by atoms with Crippen LogP contribution in [0.15, 0.2) is 58.8 Å². The van der Waals surface area contributed by atoms with Crippen molar-refractivity contribution in [3.05, 3.63) is 59.9 Å². The summed E-state index contributed by atoms with van der Waals surface area (Å²) >= 11 is 0. The van der Waals surface area contributed by atoms with Crippen LogP contribution in [0.4, 0.5) is 4.79 Å². The van der Waals surface area contributed by atoms with E-state index in [9.17, 15) is 4.79 Å². The first-order valence-corrected chi connectivity index (χ1v) is 10.3. The molecule has 0 bridgehead atoms. The summed E-state index contributed by atoms with van der Waals surface area (Å²) in [6.45, 7) is 13.7. The highest BCUT2D eigenvalue weighted by molar-refractivity contribution is 6.01. The fourth-order valence-electron chi connectivity index (χ4n) is 2.95. The van der Waals surface area contributed by atoms with Crippen molar-refractivity contribution >= 4 is 18.0 Å². The summed E-state index contributed by atoms with van der Waals surface area (Å²) in [5, 5.41) is 3.04. The van der Waals surface area contributed by atoms with Crippen LogP contribution >= 0.6 is 0 Å². The normalized spacial score (nSPS) is 16.2. The minimum atomic E-state index is -0.505. The zero-order chi connectivity index (χ0) is 21.5. The maximum absolute atomic E-state index is 12.2. The summed E-state index contributed by atoms with van der Waals surface area (Å²) in [5.74, 6) is 0. The number of hydrogen-bond acceptors (Lipinski definition) is 4. The molecule has 1 aromatic rings. The molecule has 0 spiro atoms. The molecule has 5 nitrogen and oxygen atoms in total. The number of hydrogen-bond donors (Lipinski definition) is 1. The number of carbonyl (C=O) groups excluding carboxylic acids is 1. The zero-order valence-corrected chi connectivity index (χ0v) is 18.3. The zero-order valence-electron chi connectivity index (χ0n) is 18.3. The topological polar surface area (TPSA) is 63.0 Å². The maximum atomic E-state index is 12.2. The van der Waals surface area contributed by atoms with Crippen LogP contribution in [0.5, 0.6) is 0 Å². The van der Waals surface area contributed by atoms with Crippen molar-refractivity contribution in [1.82, 2.24) is 5.32 Å². The summed E-state index contributed by atoms with van der Waals surface area (Å²) in [7, 11) is 0. The lowest BCUT2D eigenvalue weighted by Crippen LogP contribution is -2.39. The highest BCUT2D eigenvalue weighted by atomic mass is 16.6. The summed E-state index contributed by atoms with van der Waals surface area (Å²) < 4.78 is 5.41. The Bertz CT molecular complexity index is 808. The summed E-state index contributed by atoms with van der Waals surface area (Å²) in [4.78, 5) is 21.0. The SMILES string of the molecule is C=C(/C=C\N=CCC)N=C(CC)c1ccc(C2(NC(=O)OC(C)(C)C)CC2)cc1. The van der Waals surface area contributed by atoms with Crippen molar-refractivity contribution in [2.45, 2.75) is 71.4 Å². The van der Waals surface area contributed by atoms with E-state index >= 15 is 0 Å². The first-order valence-electron chi connectivity index (χ1n) is 10.3. The molecule has 29 heavy (non-hydrogen) atoms. The van der Waals surface area contributed by atoms with Crippen molar-refractivity contribution in [2.24, 2.45) is 9.98 Å². The second-order valence-electron chi connectivity index (χ2n) is 8.25. The van der Waals surface area contributed by atoms with Crippen LogP contribution < -0.4 is 5.32 Å². The fourth-order valence-corrected chi connectivity index (χ4v) is 2.95. The molecule has 0 aromatic heterocycles. The molecule has 0 unspecified atom stereocenters. The van der Waals surface area contributed by atoms with Gasteiger partial charge in [-0.05, 0) is 63.7 Å². The van der Waals surface area contributed by atoms with Crippen molar-refractivity contribution in [2.75, 3.05) is 0 Å². The number of nitrogens with one attached hydrogen (secondary N) is 1. The summed E-state index contributed by atoms with van der Waals surface area (Å²) in [5.41, 5.74) is 2.97. The lowest BCUT2D eigenvalue weighted by atomic mass is 10.0. The van der Waals surface area contributed by atoms with Crippen molar-refractivity contribution in [3.63, 3.8) is 0 Å². The van der Waals surface area contributed by atoms with Crippen molar-refractivity contribution < 1.29 is 9.53 Å². The van der Waals surface area contributed by atoms with Crippen LogP contribution in [-0.4, -0.2) is 23.6 Å². The molecular weight excluding hydrogens is 362 g/mol. The quantitative estimate of drug-likeness (QED) is 0.439. The second kappa shape index (κ2) is 9.68. The minimum absolute atomic E-state index is 0.312. The first kappa shape index (κ1) is 22.6. The van der Waals surface area contributed by atoms with Gasteiger partial charge in [-0.25, -0.2) is 4.79 Å². The van der Waals surface area contributed by atoms with E-state index in [1.165, 1.54) is 0 Å². The summed E-state index contributed by atoms with van der Waals surface area (Å²) in [6, 6.07) is 8.24. The molecule has 1 aliphatic carbocycles. The monoisotopic (exact) mass is 395 g/mol. The number of allylic oxidation sites excluding steroid dienone is 1. The van der Waals surface area contributed by atoms with Gasteiger partial charge in [-0.2, -0.15) is 0 Å². The molecule has 0 saturated heterocycles. The van der Waals surface area contributed by atoms with E-state index in [4.69, 9.17) is 4.74 Å². The van der Waals surface area contributed by atoms with Crippen molar-refractivity contribution in [3.8, 4) is 0 Å². The summed E-state index contributed by atoms with van der Waals surface area (Å²) in [6.07, 6.45) is 8.52. The van der Waals surface area contributed by atoms with E-state index in [0.29, 0.717) is 5.70 Å². The molecule has 0 aliphatic heterocycles. The van der Waals surface area contributed by atoms with Gasteiger partial charge >= 0.3 is 6.09 Å². The number of carbonyl (C=O) groups is 1. The van der Waals surface area contributed by atoms with Crippen LogP contribution in [0.2, 0.25) is 0 Å². The standard InChI is InChI=1S/C24H33N3O2/c1-7-16-25-17-13-18(3)26-21(8-2)19-9-11-20(12-10-19)24(14-15-24)27-22(28)29-23(4,5)6/h9-13,16-17H,3,7-8,14-15H2,1-2,4-6H3,(H,27,28)/b17-13-,25-16?,26-21?. The van der Waals surface area contributed by atoms with E-state index in [1.807, 2.05) is 33.9 Å². The van der Waals surface area contributed by atoms with Crippen LogP contribution in [0, 0.1) is 0 Å². The predicted molar refractivity (Wildman–Crippen MR) is 121 cm³/mol.